The van der Waals surface area contributed by atoms with Crippen LogP contribution in [0.25, 0.3) is 0 Å². The van der Waals surface area contributed by atoms with Crippen LogP contribution < -0.4 is 10.0 Å². The van der Waals surface area contributed by atoms with Crippen molar-refractivity contribution in [3.63, 3.8) is 0 Å². The Balaban J connectivity index is 1.54. The van der Waals surface area contributed by atoms with Gasteiger partial charge in [0, 0.05) is 18.6 Å². The minimum absolute atomic E-state index is 0.449. The summed E-state index contributed by atoms with van der Waals surface area (Å²) >= 11 is 0. The Bertz CT molecular complexity index is 1160. The molecule has 1 aromatic rings. The molecule has 0 spiro atoms. The van der Waals surface area contributed by atoms with Gasteiger partial charge in [-0.15, -0.1) is 13.2 Å². The summed E-state index contributed by atoms with van der Waals surface area (Å²) in [6.07, 6.45) is -8.22. The highest BCUT2D eigenvalue weighted by molar-refractivity contribution is 7.90. The maximum absolute atomic E-state index is 13.3. The standard InChI is InChI=1S/C21H22F6N4O4S/c22-20(23,24)13-1-2-16(30-36(33,34)31-10-14(11-31)35-21(25,26)27)15(9-13)17(32)29-19-6-3-18(12-28,4-7-19)5-8-19/h1-2,9,14,30H,3-8,10-11H2,(H,29,32). The van der Waals surface area contributed by atoms with Crippen LogP contribution in [0.4, 0.5) is 32.0 Å². The Morgan fingerprint density at radius 2 is 1.64 bits per heavy atom. The van der Waals surface area contributed by atoms with Crippen LogP contribution in [0.3, 0.4) is 0 Å². The van der Waals surface area contributed by atoms with E-state index in [0.29, 0.717) is 55.0 Å². The van der Waals surface area contributed by atoms with Crippen molar-refractivity contribution in [1.29, 1.82) is 5.26 Å². The zero-order valence-electron chi connectivity index (χ0n) is 18.7. The van der Waals surface area contributed by atoms with Crippen molar-refractivity contribution >= 4 is 21.8 Å². The Hall–Kier alpha value is -2.57. The van der Waals surface area contributed by atoms with Crippen LogP contribution in [0.2, 0.25) is 0 Å². The molecule has 0 aromatic heterocycles. The second-order valence-electron chi connectivity index (χ2n) is 9.49. The summed E-state index contributed by atoms with van der Waals surface area (Å²) < 4.78 is 109. The van der Waals surface area contributed by atoms with E-state index in [0.717, 1.165) is 6.07 Å². The molecule has 4 fully saturated rings. The van der Waals surface area contributed by atoms with Gasteiger partial charge in [0.2, 0.25) is 0 Å². The van der Waals surface area contributed by atoms with E-state index in [2.05, 4.69) is 16.1 Å². The average Bonchev–Trinajstić information content (AvgIpc) is 2.75. The fourth-order valence-corrected chi connectivity index (χ4v) is 6.22. The van der Waals surface area contributed by atoms with Gasteiger partial charge >= 0.3 is 22.7 Å². The highest BCUT2D eigenvalue weighted by Crippen LogP contribution is 2.52. The fourth-order valence-electron chi connectivity index (χ4n) is 4.91. The molecule has 1 saturated heterocycles. The maximum atomic E-state index is 13.3. The highest BCUT2D eigenvalue weighted by atomic mass is 32.2. The lowest BCUT2D eigenvalue weighted by Gasteiger charge is -2.50. The van der Waals surface area contributed by atoms with E-state index < -0.39 is 75.6 Å². The third-order valence-electron chi connectivity index (χ3n) is 7.15. The predicted molar refractivity (Wildman–Crippen MR) is 112 cm³/mol. The lowest BCUT2D eigenvalue weighted by molar-refractivity contribution is -0.351. The smallest absolute Gasteiger partial charge is 0.347 e. The normalized spacial score (nSPS) is 27.2. The number of hydrogen-bond donors (Lipinski definition) is 2. The minimum Gasteiger partial charge on any atom is -0.347 e. The number of alkyl halides is 6. The van der Waals surface area contributed by atoms with E-state index in [1.165, 1.54) is 0 Å². The first-order valence-corrected chi connectivity index (χ1v) is 12.5. The molecule has 15 heteroatoms. The van der Waals surface area contributed by atoms with Gasteiger partial charge in [-0.25, -0.2) is 0 Å². The van der Waals surface area contributed by atoms with Gasteiger partial charge in [0.25, 0.3) is 5.91 Å². The van der Waals surface area contributed by atoms with E-state index in [1.54, 1.807) is 0 Å². The summed E-state index contributed by atoms with van der Waals surface area (Å²) in [7, 11) is -4.49. The van der Waals surface area contributed by atoms with Crippen LogP contribution in [-0.4, -0.2) is 49.7 Å². The molecule has 4 aliphatic rings. The lowest BCUT2D eigenvalue weighted by Crippen LogP contribution is -2.57. The molecule has 0 unspecified atom stereocenters. The average molecular weight is 540 g/mol. The Kier molecular flexibility index (Phi) is 6.46. The van der Waals surface area contributed by atoms with Gasteiger partial charge in [0.05, 0.1) is 34.4 Å². The fraction of sp³-hybridized carbons (Fsp3) is 0.619. The molecule has 2 bridgehead atoms. The van der Waals surface area contributed by atoms with E-state index >= 15 is 0 Å². The van der Waals surface area contributed by atoms with Gasteiger partial charge < -0.3 is 5.32 Å². The zero-order valence-corrected chi connectivity index (χ0v) is 19.5. The number of nitrogens with one attached hydrogen (secondary N) is 2. The molecule has 1 aromatic carbocycles. The number of fused-ring (bicyclic) bond motifs is 3. The molecule has 5 rings (SSSR count). The van der Waals surface area contributed by atoms with Crippen molar-refractivity contribution < 1.29 is 44.3 Å². The summed E-state index contributed by atoms with van der Waals surface area (Å²) in [4.78, 5) is 13.2. The third kappa shape index (κ3) is 5.40. The largest absolute Gasteiger partial charge is 0.522 e. The van der Waals surface area contributed by atoms with Gasteiger partial charge in [0.1, 0.15) is 0 Å². The number of amides is 1. The minimum atomic E-state index is -4.95. The topological polar surface area (TPSA) is 112 Å². The summed E-state index contributed by atoms with van der Waals surface area (Å²) in [5.41, 5.74) is -3.38. The van der Waals surface area contributed by atoms with Crippen molar-refractivity contribution in [2.75, 3.05) is 17.8 Å². The number of nitrogens with zero attached hydrogens (tertiary/aromatic N) is 2. The highest BCUT2D eigenvalue weighted by Gasteiger charge is 2.50. The quantitative estimate of drug-likeness (QED) is 0.532. The Labute approximate surface area is 202 Å². The molecular weight excluding hydrogens is 518 g/mol. The lowest BCUT2D eigenvalue weighted by atomic mass is 9.58. The molecule has 3 aliphatic carbocycles. The number of rotatable bonds is 6. The Morgan fingerprint density at radius 3 is 2.14 bits per heavy atom. The molecule has 0 radical (unpaired) electrons. The molecule has 198 valence electrons. The molecule has 8 nitrogen and oxygen atoms in total. The van der Waals surface area contributed by atoms with Crippen LogP contribution in [0, 0.1) is 16.7 Å². The van der Waals surface area contributed by atoms with Crippen molar-refractivity contribution in [2.45, 2.75) is 62.7 Å². The summed E-state index contributed by atoms with van der Waals surface area (Å²) in [5.74, 6) is -0.924. The van der Waals surface area contributed by atoms with Crippen LogP contribution in [-0.2, 0) is 21.1 Å². The first-order valence-electron chi connectivity index (χ1n) is 11.0. The molecule has 36 heavy (non-hydrogen) atoms. The van der Waals surface area contributed by atoms with Gasteiger partial charge in [0.15, 0.2) is 0 Å². The molecule has 2 N–H and O–H groups in total. The second kappa shape index (κ2) is 8.77. The van der Waals surface area contributed by atoms with E-state index in [1.807, 2.05) is 4.72 Å². The number of ether oxygens (including phenoxy) is 1. The van der Waals surface area contributed by atoms with Crippen LogP contribution in [0.15, 0.2) is 18.2 Å². The van der Waals surface area contributed by atoms with E-state index in [4.69, 9.17) is 0 Å². The van der Waals surface area contributed by atoms with E-state index in [9.17, 15) is 44.8 Å². The second-order valence-corrected chi connectivity index (χ2v) is 11.2. The number of hydrogen-bond acceptors (Lipinski definition) is 5. The third-order valence-corrected chi connectivity index (χ3v) is 8.60. The monoisotopic (exact) mass is 540 g/mol. The van der Waals surface area contributed by atoms with Gasteiger partial charge in [-0.2, -0.15) is 31.2 Å². The van der Waals surface area contributed by atoms with Crippen molar-refractivity contribution in [2.24, 2.45) is 5.41 Å². The van der Waals surface area contributed by atoms with Gasteiger partial charge in [-0.05, 0) is 56.7 Å². The van der Waals surface area contributed by atoms with Gasteiger partial charge in [-0.1, -0.05) is 0 Å². The zero-order chi connectivity index (χ0) is 26.6. The molecule has 3 saturated carbocycles. The number of anilines is 1. The number of carbonyl (C=O) groups excluding carboxylic acids is 1. The number of benzene rings is 1. The van der Waals surface area contributed by atoms with Crippen LogP contribution in [0.5, 0.6) is 0 Å². The molecule has 1 amide bonds. The number of nitriles is 1. The molecular formula is C21H22F6N4O4S. The number of halogens is 6. The van der Waals surface area contributed by atoms with Crippen LogP contribution in [0.1, 0.15) is 54.4 Å². The SMILES string of the molecule is N#CC12CCC(NC(=O)c3cc(C(F)(F)F)ccc3NS(=O)(=O)N3CC(OC(F)(F)F)C3)(CC1)CC2. The maximum Gasteiger partial charge on any atom is 0.522 e. The predicted octanol–water partition coefficient (Wildman–Crippen LogP) is 3.93. The van der Waals surface area contributed by atoms with E-state index in [-0.39, 0.29) is 0 Å². The molecule has 0 atom stereocenters. The Morgan fingerprint density at radius 1 is 1.06 bits per heavy atom. The van der Waals surface area contributed by atoms with Gasteiger partial charge in [-0.3, -0.25) is 14.3 Å². The first-order chi connectivity index (χ1) is 16.6. The summed E-state index contributed by atoms with van der Waals surface area (Å²) in [6, 6.07) is 4.23. The van der Waals surface area contributed by atoms with Crippen molar-refractivity contribution in [3.8, 4) is 6.07 Å². The van der Waals surface area contributed by atoms with Crippen molar-refractivity contribution in [3.05, 3.63) is 29.3 Å². The molecule has 1 heterocycles. The number of carbonyl (C=O) groups is 1. The van der Waals surface area contributed by atoms with Crippen molar-refractivity contribution in [1.82, 2.24) is 9.62 Å². The summed E-state index contributed by atoms with van der Waals surface area (Å²) in [6.45, 7) is -1.25. The van der Waals surface area contributed by atoms with Crippen LogP contribution >= 0.6 is 0 Å². The summed E-state index contributed by atoms with van der Waals surface area (Å²) in [5, 5.41) is 12.2. The molecule has 1 aliphatic heterocycles. The first kappa shape index (κ1) is 26.5.